The first kappa shape index (κ1) is 13.6. The number of nitrogens with one attached hydrogen (secondary N) is 1. The van der Waals surface area contributed by atoms with E-state index in [1.807, 2.05) is 13.1 Å². The van der Waals surface area contributed by atoms with Crippen molar-refractivity contribution >= 4 is 17.4 Å². The first-order chi connectivity index (χ1) is 9.13. The van der Waals surface area contributed by atoms with Crippen LogP contribution in [0.25, 0.3) is 11.4 Å². The Morgan fingerprint density at radius 3 is 2.68 bits per heavy atom. The van der Waals surface area contributed by atoms with Gasteiger partial charge in [-0.1, -0.05) is 24.9 Å². The highest BCUT2D eigenvalue weighted by atomic mass is 35.5. The molecule has 5 heteroatoms. The lowest BCUT2D eigenvalue weighted by molar-refractivity contribution is 0.475. The standard InChI is InChI=1S/C14H16ClN3O/c1-3-4-10-8-13(16-2)18-14(17-10)9-5-6-12(19)11(15)7-9/h5-8,19H,3-4H2,1-2H3,(H,16,17,18). The van der Waals surface area contributed by atoms with Crippen molar-refractivity contribution in [3.63, 3.8) is 0 Å². The maximum atomic E-state index is 9.45. The van der Waals surface area contributed by atoms with Gasteiger partial charge in [0.15, 0.2) is 5.82 Å². The van der Waals surface area contributed by atoms with Crippen LogP contribution in [0.15, 0.2) is 24.3 Å². The monoisotopic (exact) mass is 277 g/mol. The fraction of sp³-hybridized carbons (Fsp3) is 0.286. The molecule has 19 heavy (non-hydrogen) atoms. The molecule has 0 aliphatic rings. The number of halogens is 1. The molecule has 2 aromatic rings. The zero-order chi connectivity index (χ0) is 13.8. The zero-order valence-corrected chi connectivity index (χ0v) is 11.7. The number of rotatable bonds is 4. The summed E-state index contributed by atoms with van der Waals surface area (Å²) in [7, 11) is 1.83. The predicted octanol–water partition coefficient (Wildman–Crippen LogP) is 3.50. The SMILES string of the molecule is CCCc1cc(NC)nc(-c2ccc(O)c(Cl)c2)n1. The predicted molar refractivity (Wildman–Crippen MR) is 77.7 cm³/mol. The van der Waals surface area contributed by atoms with Gasteiger partial charge in [0, 0.05) is 24.4 Å². The third-order valence-electron chi connectivity index (χ3n) is 2.75. The largest absolute Gasteiger partial charge is 0.506 e. The van der Waals surface area contributed by atoms with Crippen LogP contribution in [0.5, 0.6) is 5.75 Å². The van der Waals surface area contributed by atoms with Gasteiger partial charge in [0.25, 0.3) is 0 Å². The van der Waals surface area contributed by atoms with E-state index in [1.165, 1.54) is 0 Å². The minimum absolute atomic E-state index is 0.0592. The fourth-order valence-electron chi connectivity index (χ4n) is 1.78. The lowest BCUT2D eigenvalue weighted by Crippen LogP contribution is -2.00. The Balaban J connectivity index is 2.47. The molecule has 0 aliphatic carbocycles. The summed E-state index contributed by atoms with van der Waals surface area (Å²) in [6.07, 6.45) is 1.92. The Bertz CT molecular complexity index is 587. The number of aromatic hydroxyl groups is 1. The van der Waals surface area contributed by atoms with Crippen LogP contribution in [0, 0.1) is 0 Å². The number of benzene rings is 1. The van der Waals surface area contributed by atoms with Crippen LogP contribution < -0.4 is 5.32 Å². The quantitative estimate of drug-likeness (QED) is 0.898. The van der Waals surface area contributed by atoms with Crippen molar-refractivity contribution in [3.05, 3.63) is 35.0 Å². The Hall–Kier alpha value is -1.81. The molecule has 0 radical (unpaired) electrons. The van der Waals surface area contributed by atoms with Gasteiger partial charge in [-0.2, -0.15) is 0 Å². The van der Waals surface area contributed by atoms with Crippen molar-refractivity contribution < 1.29 is 5.11 Å². The van der Waals surface area contributed by atoms with Gasteiger partial charge < -0.3 is 10.4 Å². The number of phenolic OH excluding ortho intramolecular Hbond substituents is 1. The summed E-state index contributed by atoms with van der Waals surface area (Å²) in [5, 5.41) is 12.8. The Labute approximate surface area is 117 Å². The molecule has 0 atom stereocenters. The molecule has 0 spiro atoms. The molecule has 0 saturated heterocycles. The van der Waals surface area contributed by atoms with E-state index in [4.69, 9.17) is 11.6 Å². The molecule has 2 N–H and O–H groups in total. The smallest absolute Gasteiger partial charge is 0.161 e. The number of hydrogen-bond acceptors (Lipinski definition) is 4. The first-order valence-corrected chi connectivity index (χ1v) is 6.56. The van der Waals surface area contributed by atoms with E-state index in [2.05, 4.69) is 22.2 Å². The van der Waals surface area contributed by atoms with Crippen LogP contribution in [0.3, 0.4) is 0 Å². The summed E-state index contributed by atoms with van der Waals surface area (Å²) in [4.78, 5) is 8.93. The summed E-state index contributed by atoms with van der Waals surface area (Å²) in [6.45, 7) is 2.11. The molecule has 0 amide bonds. The summed E-state index contributed by atoms with van der Waals surface area (Å²) in [5.74, 6) is 1.44. The highest BCUT2D eigenvalue weighted by Gasteiger charge is 2.08. The van der Waals surface area contributed by atoms with E-state index >= 15 is 0 Å². The zero-order valence-electron chi connectivity index (χ0n) is 10.9. The van der Waals surface area contributed by atoms with E-state index in [0.717, 1.165) is 29.9 Å². The lowest BCUT2D eigenvalue weighted by Gasteiger charge is -2.08. The molecule has 1 heterocycles. The normalized spacial score (nSPS) is 10.5. The molecule has 0 aliphatic heterocycles. The van der Waals surface area contributed by atoms with Gasteiger partial charge in [-0.25, -0.2) is 9.97 Å². The highest BCUT2D eigenvalue weighted by Crippen LogP contribution is 2.28. The molecular formula is C14H16ClN3O. The van der Waals surface area contributed by atoms with Crippen molar-refractivity contribution in [3.8, 4) is 17.1 Å². The highest BCUT2D eigenvalue weighted by molar-refractivity contribution is 6.32. The van der Waals surface area contributed by atoms with Crippen molar-refractivity contribution in [2.45, 2.75) is 19.8 Å². The van der Waals surface area contributed by atoms with Crippen molar-refractivity contribution in [1.82, 2.24) is 9.97 Å². The number of hydrogen-bond donors (Lipinski definition) is 2. The number of anilines is 1. The van der Waals surface area contributed by atoms with E-state index in [1.54, 1.807) is 18.2 Å². The average molecular weight is 278 g/mol. The van der Waals surface area contributed by atoms with Crippen LogP contribution in [0.2, 0.25) is 5.02 Å². The number of nitrogens with zero attached hydrogens (tertiary/aromatic N) is 2. The van der Waals surface area contributed by atoms with Crippen LogP contribution in [-0.4, -0.2) is 22.1 Å². The van der Waals surface area contributed by atoms with Gasteiger partial charge in [0.05, 0.1) is 5.02 Å². The van der Waals surface area contributed by atoms with E-state index in [0.29, 0.717) is 10.8 Å². The fourth-order valence-corrected chi connectivity index (χ4v) is 1.97. The van der Waals surface area contributed by atoms with Gasteiger partial charge in [-0.05, 0) is 24.6 Å². The summed E-state index contributed by atoms with van der Waals surface area (Å²) in [5.41, 5.74) is 1.78. The Kier molecular flexibility index (Phi) is 4.22. The maximum Gasteiger partial charge on any atom is 0.161 e. The summed E-state index contributed by atoms with van der Waals surface area (Å²) < 4.78 is 0. The van der Waals surface area contributed by atoms with E-state index < -0.39 is 0 Å². The maximum absolute atomic E-state index is 9.45. The topological polar surface area (TPSA) is 58.0 Å². The summed E-state index contributed by atoms with van der Waals surface area (Å²) >= 11 is 5.92. The molecule has 1 aromatic carbocycles. The summed E-state index contributed by atoms with van der Waals surface area (Å²) in [6, 6.07) is 6.91. The van der Waals surface area contributed by atoms with Crippen LogP contribution in [0.4, 0.5) is 5.82 Å². The van der Waals surface area contributed by atoms with Crippen molar-refractivity contribution in [2.75, 3.05) is 12.4 Å². The first-order valence-electron chi connectivity index (χ1n) is 6.18. The van der Waals surface area contributed by atoms with Crippen molar-refractivity contribution in [1.29, 1.82) is 0 Å². The lowest BCUT2D eigenvalue weighted by atomic mass is 10.2. The second kappa shape index (κ2) is 5.89. The minimum atomic E-state index is 0.0592. The molecule has 4 nitrogen and oxygen atoms in total. The van der Waals surface area contributed by atoms with Gasteiger partial charge >= 0.3 is 0 Å². The average Bonchev–Trinajstić information content (AvgIpc) is 2.42. The Morgan fingerprint density at radius 2 is 2.05 bits per heavy atom. The van der Waals surface area contributed by atoms with Gasteiger partial charge in [0.1, 0.15) is 11.6 Å². The van der Waals surface area contributed by atoms with Crippen LogP contribution >= 0.6 is 11.6 Å². The number of aromatic nitrogens is 2. The van der Waals surface area contributed by atoms with Gasteiger partial charge in [-0.3, -0.25) is 0 Å². The van der Waals surface area contributed by atoms with Crippen LogP contribution in [-0.2, 0) is 6.42 Å². The molecule has 1 aromatic heterocycles. The van der Waals surface area contributed by atoms with Crippen molar-refractivity contribution in [2.24, 2.45) is 0 Å². The second-order valence-electron chi connectivity index (χ2n) is 4.23. The third kappa shape index (κ3) is 3.15. The van der Waals surface area contributed by atoms with E-state index in [-0.39, 0.29) is 5.75 Å². The molecule has 2 rings (SSSR count). The van der Waals surface area contributed by atoms with Gasteiger partial charge in [-0.15, -0.1) is 0 Å². The molecule has 0 fully saturated rings. The molecule has 0 bridgehead atoms. The molecule has 0 unspecified atom stereocenters. The Morgan fingerprint density at radius 1 is 1.26 bits per heavy atom. The van der Waals surface area contributed by atoms with Gasteiger partial charge in [0.2, 0.25) is 0 Å². The minimum Gasteiger partial charge on any atom is -0.506 e. The van der Waals surface area contributed by atoms with E-state index in [9.17, 15) is 5.11 Å². The second-order valence-corrected chi connectivity index (χ2v) is 4.64. The number of phenols is 1. The van der Waals surface area contributed by atoms with Crippen LogP contribution in [0.1, 0.15) is 19.0 Å². The molecule has 100 valence electrons. The number of aryl methyl sites for hydroxylation is 1. The molecular weight excluding hydrogens is 262 g/mol. The third-order valence-corrected chi connectivity index (χ3v) is 3.05. The molecule has 0 saturated carbocycles.